The molecule has 0 bridgehead atoms. The first-order valence-corrected chi connectivity index (χ1v) is 4.49. The molecule has 1 aliphatic carbocycles. The van der Waals surface area contributed by atoms with Crippen LogP contribution in [0.15, 0.2) is 0 Å². The number of hydrogen-bond acceptors (Lipinski definition) is 2. The fourth-order valence-electron chi connectivity index (χ4n) is 1.75. The van der Waals surface area contributed by atoms with Crippen molar-refractivity contribution in [3.05, 3.63) is 0 Å². The molecule has 0 radical (unpaired) electrons. The SMILES string of the molecule is C#CCCC(N)C1(OC)CCC1. The van der Waals surface area contributed by atoms with Crippen LogP contribution in [0.1, 0.15) is 32.1 Å². The van der Waals surface area contributed by atoms with Crippen molar-refractivity contribution in [2.75, 3.05) is 7.11 Å². The van der Waals surface area contributed by atoms with Crippen molar-refractivity contribution in [3.63, 3.8) is 0 Å². The Morgan fingerprint density at radius 2 is 2.33 bits per heavy atom. The Morgan fingerprint density at radius 3 is 2.67 bits per heavy atom. The normalized spacial score (nSPS) is 22.4. The number of rotatable bonds is 4. The Labute approximate surface area is 74.5 Å². The molecule has 1 fully saturated rings. The second kappa shape index (κ2) is 3.93. The summed E-state index contributed by atoms with van der Waals surface area (Å²) in [6.07, 6.45) is 10.2. The summed E-state index contributed by atoms with van der Waals surface area (Å²) in [5, 5.41) is 0. The van der Waals surface area contributed by atoms with E-state index in [9.17, 15) is 0 Å². The fourth-order valence-corrected chi connectivity index (χ4v) is 1.75. The predicted octanol–water partition coefficient (Wildman–Crippen LogP) is 1.30. The summed E-state index contributed by atoms with van der Waals surface area (Å²) in [5.41, 5.74) is 5.95. The molecule has 0 amide bonds. The van der Waals surface area contributed by atoms with Crippen LogP contribution < -0.4 is 5.73 Å². The highest BCUT2D eigenvalue weighted by atomic mass is 16.5. The van der Waals surface area contributed by atoms with Crippen LogP contribution in [0.2, 0.25) is 0 Å². The minimum absolute atomic E-state index is 0.0448. The molecule has 0 spiro atoms. The van der Waals surface area contributed by atoms with Gasteiger partial charge >= 0.3 is 0 Å². The van der Waals surface area contributed by atoms with Crippen LogP contribution in [0.25, 0.3) is 0 Å². The largest absolute Gasteiger partial charge is 0.377 e. The van der Waals surface area contributed by atoms with Gasteiger partial charge in [-0.25, -0.2) is 0 Å². The molecule has 0 aromatic carbocycles. The van der Waals surface area contributed by atoms with E-state index >= 15 is 0 Å². The highest BCUT2D eigenvalue weighted by Gasteiger charge is 2.42. The van der Waals surface area contributed by atoms with Crippen molar-refractivity contribution >= 4 is 0 Å². The van der Waals surface area contributed by atoms with Crippen molar-refractivity contribution < 1.29 is 4.74 Å². The molecule has 0 saturated heterocycles. The lowest BCUT2D eigenvalue weighted by atomic mass is 9.73. The third-order valence-electron chi connectivity index (χ3n) is 2.88. The number of nitrogens with two attached hydrogens (primary N) is 1. The molecular weight excluding hydrogens is 150 g/mol. The topological polar surface area (TPSA) is 35.2 Å². The number of ether oxygens (including phenoxy) is 1. The van der Waals surface area contributed by atoms with Crippen LogP contribution in [0.4, 0.5) is 0 Å². The Bertz CT molecular complexity index is 173. The molecule has 2 N–H and O–H groups in total. The zero-order valence-corrected chi connectivity index (χ0v) is 7.68. The Kier molecular flexibility index (Phi) is 3.13. The lowest BCUT2D eigenvalue weighted by Gasteiger charge is -2.44. The van der Waals surface area contributed by atoms with Crippen molar-refractivity contribution in [1.82, 2.24) is 0 Å². The van der Waals surface area contributed by atoms with E-state index in [0.29, 0.717) is 0 Å². The van der Waals surface area contributed by atoms with Crippen molar-refractivity contribution in [1.29, 1.82) is 0 Å². The maximum absolute atomic E-state index is 5.99. The summed E-state index contributed by atoms with van der Waals surface area (Å²) in [6, 6.07) is 0.118. The van der Waals surface area contributed by atoms with Crippen LogP contribution in [0.5, 0.6) is 0 Å². The average Bonchev–Trinajstić information content (AvgIpc) is 2.00. The zero-order valence-electron chi connectivity index (χ0n) is 7.68. The Morgan fingerprint density at radius 1 is 1.67 bits per heavy atom. The minimum atomic E-state index is -0.0448. The van der Waals surface area contributed by atoms with Crippen LogP contribution >= 0.6 is 0 Å². The van der Waals surface area contributed by atoms with E-state index in [1.165, 1.54) is 6.42 Å². The van der Waals surface area contributed by atoms with Gasteiger partial charge in [0.05, 0.1) is 5.60 Å². The van der Waals surface area contributed by atoms with Gasteiger partial charge < -0.3 is 10.5 Å². The van der Waals surface area contributed by atoms with Crippen LogP contribution in [-0.4, -0.2) is 18.8 Å². The van der Waals surface area contributed by atoms with Gasteiger partial charge in [-0.3, -0.25) is 0 Å². The van der Waals surface area contributed by atoms with E-state index in [4.69, 9.17) is 16.9 Å². The summed E-state index contributed by atoms with van der Waals surface area (Å²) < 4.78 is 5.44. The van der Waals surface area contributed by atoms with Gasteiger partial charge in [-0.1, -0.05) is 0 Å². The van der Waals surface area contributed by atoms with Crippen LogP contribution in [-0.2, 0) is 4.74 Å². The highest BCUT2D eigenvalue weighted by molar-refractivity contribution is 4.99. The van der Waals surface area contributed by atoms with Gasteiger partial charge in [-0.05, 0) is 25.7 Å². The first-order chi connectivity index (χ1) is 5.75. The molecule has 12 heavy (non-hydrogen) atoms. The molecular formula is C10H17NO. The molecule has 0 heterocycles. The number of terminal acetylenes is 1. The second-order valence-electron chi connectivity index (χ2n) is 3.47. The molecule has 1 aliphatic rings. The molecule has 1 saturated carbocycles. The van der Waals surface area contributed by atoms with Gasteiger partial charge in [0.15, 0.2) is 0 Å². The molecule has 0 aliphatic heterocycles. The van der Waals surface area contributed by atoms with E-state index < -0.39 is 0 Å². The van der Waals surface area contributed by atoms with Gasteiger partial charge in [0.25, 0.3) is 0 Å². The summed E-state index contributed by atoms with van der Waals surface area (Å²) in [6.45, 7) is 0. The Balaban J connectivity index is 2.38. The van der Waals surface area contributed by atoms with E-state index in [0.717, 1.165) is 25.7 Å². The summed E-state index contributed by atoms with van der Waals surface area (Å²) >= 11 is 0. The average molecular weight is 167 g/mol. The molecule has 2 heteroatoms. The smallest absolute Gasteiger partial charge is 0.0829 e. The van der Waals surface area contributed by atoms with Gasteiger partial charge in [-0.15, -0.1) is 12.3 Å². The molecule has 0 aromatic rings. The third kappa shape index (κ3) is 1.63. The molecule has 1 rings (SSSR count). The maximum atomic E-state index is 5.99. The molecule has 1 atom stereocenters. The minimum Gasteiger partial charge on any atom is -0.377 e. The number of methoxy groups -OCH3 is 1. The quantitative estimate of drug-likeness (QED) is 0.640. The molecule has 2 nitrogen and oxygen atoms in total. The monoisotopic (exact) mass is 167 g/mol. The highest BCUT2D eigenvalue weighted by Crippen LogP contribution is 2.38. The van der Waals surface area contributed by atoms with Crippen molar-refractivity contribution in [2.45, 2.75) is 43.7 Å². The second-order valence-corrected chi connectivity index (χ2v) is 3.47. The van der Waals surface area contributed by atoms with Crippen LogP contribution in [0.3, 0.4) is 0 Å². The summed E-state index contributed by atoms with van der Waals surface area (Å²) in [5.74, 6) is 2.61. The van der Waals surface area contributed by atoms with Gasteiger partial charge in [0.2, 0.25) is 0 Å². The predicted molar refractivity (Wildman–Crippen MR) is 49.6 cm³/mol. The van der Waals surface area contributed by atoms with E-state index in [2.05, 4.69) is 5.92 Å². The van der Waals surface area contributed by atoms with E-state index in [1.807, 2.05) is 0 Å². The van der Waals surface area contributed by atoms with E-state index in [-0.39, 0.29) is 11.6 Å². The summed E-state index contributed by atoms with van der Waals surface area (Å²) in [7, 11) is 1.74. The first kappa shape index (κ1) is 9.57. The maximum Gasteiger partial charge on any atom is 0.0829 e. The molecule has 68 valence electrons. The van der Waals surface area contributed by atoms with Gasteiger partial charge in [0, 0.05) is 19.6 Å². The van der Waals surface area contributed by atoms with Crippen molar-refractivity contribution in [2.24, 2.45) is 5.73 Å². The van der Waals surface area contributed by atoms with E-state index in [1.54, 1.807) is 7.11 Å². The number of hydrogen-bond donors (Lipinski definition) is 1. The van der Waals surface area contributed by atoms with Crippen LogP contribution in [0, 0.1) is 12.3 Å². The molecule has 0 aromatic heterocycles. The standard InChI is InChI=1S/C10H17NO/c1-3-4-6-9(11)10(12-2)7-5-8-10/h1,9H,4-8,11H2,2H3. The lowest BCUT2D eigenvalue weighted by molar-refractivity contribution is -0.0910. The van der Waals surface area contributed by atoms with Crippen molar-refractivity contribution in [3.8, 4) is 12.3 Å². The fraction of sp³-hybridized carbons (Fsp3) is 0.800. The first-order valence-electron chi connectivity index (χ1n) is 4.49. The Hall–Kier alpha value is -0.520. The third-order valence-corrected chi connectivity index (χ3v) is 2.88. The zero-order chi connectivity index (χ0) is 9.03. The summed E-state index contributed by atoms with van der Waals surface area (Å²) in [4.78, 5) is 0. The van der Waals surface area contributed by atoms with Gasteiger partial charge in [-0.2, -0.15) is 0 Å². The molecule has 1 unspecified atom stereocenters. The van der Waals surface area contributed by atoms with Gasteiger partial charge in [0.1, 0.15) is 0 Å². The lowest BCUT2D eigenvalue weighted by Crippen LogP contribution is -2.54.